The molecule has 0 aliphatic heterocycles. The maximum Gasteiger partial charge on any atom is 0.343 e. The highest BCUT2D eigenvalue weighted by atomic mass is 16.5. The highest BCUT2D eigenvalue weighted by Gasteiger charge is 2.26. The fourth-order valence-electron chi connectivity index (χ4n) is 3.79. The number of esters is 1. The van der Waals surface area contributed by atoms with Crippen LogP contribution in [0.15, 0.2) is 24.3 Å². The molecule has 0 aliphatic rings. The van der Waals surface area contributed by atoms with Crippen molar-refractivity contribution in [1.29, 1.82) is 0 Å². The third kappa shape index (κ3) is 12.8. The number of unbranched alkanes of at least 4 members (excludes halogenated alkanes) is 13. The van der Waals surface area contributed by atoms with Gasteiger partial charge >= 0.3 is 5.97 Å². The quantitative estimate of drug-likeness (QED) is 0.101. The Labute approximate surface area is 195 Å². The van der Waals surface area contributed by atoms with E-state index in [0.717, 1.165) is 18.7 Å². The first-order chi connectivity index (χ1) is 15.6. The number of rotatable bonds is 20. The van der Waals surface area contributed by atoms with Crippen molar-refractivity contribution in [3.8, 4) is 0 Å². The normalized spacial score (nSPS) is 11.8. The molecule has 0 saturated heterocycles. The van der Waals surface area contributed by atoms with Crippen molar-refractivity contribution in [3.05, 3.63) is 29.8 Å². The summed E-state index contributed by atoms with van der Waals surface area (Å²) in [6.07, 6.45) is 17.1. The molecule has 1 atom stereocenters. The number of nitrogens with one attached hydrogen (secondary N) is 1. The van der Waals surface area contributed by atoms with Crippen LogP contribution in [0.4, 0.5) is 5.69 Å². The average Bonchev–Trinajstić information content (AvgIpc) is 2.81. The molecule has 0 radical (unpaired) electrons. The van der Waals surface area contributed by atoms with Gasteiger partial charge in [-0.2, -0.15) is 0 Å². The Hall–Kier alpha value is -1.88. The van der Waals surface area contributed by atoms with Crippen LogP contribution < -0.4 is 5.32 Å². The predicted molar refractivity (Wildman–Crippen MR) is 132 cm³/mol. The van der Waals surface area contributed by atoms with Crippen molar-refractivity contribution in [2.24, 2.45) is 0 Å². The number of Topliss-reactive ketones (excluding diaryl/α,β-unsaturated/α-hetero) is 1. The van der Waals surface area contributed by atoms with Gasteiger partial charge in [0.2, 0.25) is 11.9 Å². The van der Waals surface area contributed by atoms with Gasteiger partial charge < -0.3 is 15.2 Å². The number of carbonyl (C=O) groups excluding carboxylic acids is 2. The molecule has 32 heavy (non-hydrogen) atoms. The Morgan fingerprint density at radius 2 is 1.25 bits per heavy atom. The SMILES string of the molecule is CCCCCCCCCCCCCCCCNc1ccc(C(=O)C(O)C(=O)OCC)cc1. The summed E-state index contributed by atoms with van der Waals surface area (Å²) in [6, 6.07) is 6.85. The topological polar surface area (TPSA) is 75.6 Å². The molecule has 1 rings (SSSR count). The fraction of sp³-hybridized carbons (Fsp3) is 0.704. The minimum Gasteiger partial charge on any atom is -0.464 e. The van der Waals surface area contributed by atoms with Crippen LogP contribution in [0.5, 0.6) is 0 Å². The standard InChI is InChI=1S/C27H45NO4/c1-3-5-6-7-8-9-10-11-12-13-14-15-16-17-22-28-24-20-18-23(19-21-24)25(29)26(30)27(31)32-4-2/h18-21,26,28,30H,3-17,22H2,1-2H3. The molecule has 0 spiro atoms. The van der Waals surface area contributed by atoms with Crippen LogP contribution in [0.3, 0.4) is 0 Å². The molecule has 0 bridgehead atoms. The number of hydrogen-bond acceptors (Lipinski definition) is 5. The van der Waals surface area contributed by atoms with Gasteiger partial charge in [-0.3, -0.25) is 4.79 Å². The van der Waals surface area contributed by atoms with E-state index >= 15 is 0 Å². The molecule has 1 aromatic carbocycles. The highest BCUT2D eigenvalue weighted by molar-refractivity contribution is 6.11. The molecule has 0 heterocycles. The molecule has 0 saturated carbocycles. The summed E-state index contributed by atoms with van der Waals surface area (Å²) < 4.78 is 4.69. The van der Waals surface area contributed by atoms with Crippen LogP contribution in [-0.2, 0) is 9.53 Å². The van der Waals surface area contributed by atoms with Crippen LogP contribution in [0.25, 0.3) is 0 Å². The number of ether oxygens (including phenoxy) is 1. The summed E-state index contributed by atoms with van der Waals surface area (Å²) >= 11 is 0. The van der Waals surface area contributed by atoms with Crippen LogP contribution >= 0.6 is 0 Å². The van der Waals surface area contributed by atoms with E-state index in [1.807, 2.05) is 0 Å². The van der Waals surface area contributed by atoms with Gasteiger partial charge in [-0.15, -0.1) is 0 Å². The molecule has 0 aliphatic carbocycles. The zero-order chi connectivity index (χ0) is 23.4. The molecule has 0 amide bonds. The molecular formula is C27H45NO4. The van der Waals surface area contributed by atoms with Crippen molar-refractivity contribution in [2.75, 3.05) is 18.5 Å². The van der Waals surface area contributed by atoms with E-state index < -0.39 is 17.9 Å². The summed E-state index contributed by atoms with van der Waals surface area (Å²) in [5.74, 6) is -1.54. The summed E-state index contributed by atoms with van der Waals surface area (Å²) in [5.41, 5.74) is 1.23. The fourth-order valence-corrected chi connectivity index (χ4v) is 3.79. The number of anilines is 1. The van der Waals surface area contributed by atoms with Crippen molar-refractivity contribution in [3.63, 3.8) is 0 Å². The van der Waals surface area contributed by atoms with Gasteiger partial charge in [-0.25, -0.2) is 4.79 Å². The van der Waals surface area contributed by atoms with E-state index in [-0.39, 0.29) is 6.61 Å². The van der Waals surface area contributed by atoms with E-state index in [9.17, 15) is 14.7 Å². The molecular weight excluding hydrogens is 402 g/mol. The van der Waals surface area contributed by atoms with Gasteiger partial charge in [-0.1, -0.05) is 90.4 Å². The zero-order valence-corrected chi connectivity index (χ0v) is 20.4. The largest absolute Gasteiger partial charge is 0.464 e. The van der Waals surface area contributed by atoms with Gasteiger partial charge in [0, 0.05) is 17.8 Å². The molecule has 0 aromatic heterocycles. The lowest BCUT2D eigenvalue weighted by atomic mass is 10.0. The maximum absolute atomic E-state index is 12.1. The first-order valence-electron chi connectivity index (χ1n) is 12.8. The van der Waals surface area contributed by atoms with Gasteiger partial charge in [0.05, 0.1) is 6.61 Å². The third-order valence-corrected chi connectivity index (χ3v) is 5.79. The third-order valence-electron chi connectivity index (χ3n) is 5.79. The molecule has 5 heteroatoms. The van der Waals surface area contributed by atoms with Crippen molar-refractivity contribution < 1.29 is 19.4 Å². The second-order valence-corrected chi connectivity index (χ2v) is 8.62. The number of aliphatic hydroxyl groups excluding tert-OH is 1. The predicted octanol–water partition coefficient (Wildman–Crippen LogP) is 6.69. The van der Waals surface area contributed by atoms with Gasteiger partial charge in [0.15, 0.2) is 0 Å². The first-order valence-corrected chi connectivity index (χ1v) is 12.8. The molecule has 182 valence electrons. The van der Waals surface area contributed by atoms with Crippen LogP contribution in [0, 0.1) is 0 Å². The molecule has 1 unspecified atom stereocenters. The Morgan fingerprint density at radius 3 is 1.72 bits per heavy atom. The van der Waals surface area contributed by atoms with E-state index in [2.05, 4.69) is 17.0 Å². The second-order valence-electron chi connectivity index (χ2n) is 8.62. The van der Waals surface area contributed by atoms with Crippen LogP contribution in [0.2, 0.25) is 0 Å². The zero-order valence-electron chi connectivity index (χ0n) is 20.4. The number of ketones is 1. The Balaban J connectivity index is 2.02. The average molecular weight is 448 g/mol. The number of aliphatic hydroxyl groups is 1. The second kappa shape index (κ2) is 18.7. The Kier molecular flexibility index (Phi) is 16.4. The van der Waals surface area contributed by atoms with E-state index in [1.54, 1.807) is 31.2 Å². The smallest absolute Gasteiger partial charge is 0.343 e. The highest BCUT2D eigenvalue weighted by Crippen LogP contribution is 2.14. The van der Waals surface area contributed by atoms with Crippen LogP contribution in [0.1, 0.15) is 114 Å². The monoisotopic (exact) mass is 447 g/mol. The minimum atomic E-state index is -1.76. The number of carbonyl (C=O) groups is 2. The van der Waals surface area contributed by atoms with Gasteiger partial charge in [-0.05, 0) is 37.6 Å². The van der Waals surface area contributed by atoms with Crippen molar-refractivity contribution >= 4 is 17.4 Å². The first kappa shape index (κ1) is 28.2. The lowest BCUT2D eigenvalue weighted by Crippen LogP contribution is -2.31. The number of benzene rings is 1. The van der Waals surface area contributed by atoms with Crippen molar-refractivity contribution in [2.45, 2.75) is 110 Å². The van der Waals surface area contributed by atoms with Gasteiger partial charge in [0.25, 0.3) is 0 Å². The van der Waals surface area contributed by atoms with E-state index in [1.165, 1.54) is 83.5 Å². The summed E-state index contributed by atoms with van der Waals surface area (Å²) in [6.45, 7) is 4.93. The molecule has 2 N–H and O–H groups in total. The lowest BCUT2D eigenvalue weighted by Gasteiger charge is -2.10. The number of hydrogen-bond donors (Lipinski definition) is 2. The molecule has 5 nitrogen and oxygen atoms in total. The summed E-state index contributed by atoms with van der Waals surface area (Å²) in [7, 11) is 0. The Morgan fingerprint density at radius 1 is 0.781 bits per heavy atom. The Bertz CT molecular complexity index is 615. The van der Waals surface area contributed by atoms with E-state index in [4.69, 9.17) is 0 Å². The molecule has 0 fully saturated rings. The summed E-state index contributed by atoms with van der Waals surface area (Å²) in [4.78, 5) is 23.6. The van der Waals surface area contributed by atoms with Gasteiger partial charge in [0.1, 0.15) is 0 Å². The van der Waals surface area contributed by atoms with Crippen LogP contribution in [-0.4, -0.2) is 36.1 Å². The lowest BCUT2D eigenvalue weighted by molar-refractivity contribution is -0.150. The summed E-state index contributed by atoms with van der Waals surface area (Å²) in [5, 5.41) is 13.1. The molecule has 1 aromatic rings. The minimum absolute atomic E-state index is 0.130. The maximum atomic E-state index is 12.1. The van der Waals surface area contributed by atoms with Crippen molar-refractivity contribution in [1.82, 2.24) is 0 Å². The van der Waals surface area contributed by atoms with E-state index in [0.29, 0.717) is 5.56 Å².